The van der Waals surface area contributed by atoms with E-state index in [1.54, 1.807) is 43.3 Å². The highest BCUT2D eigenvalue weighted by Gasteiger charge is 2.09. The molecule has 0 saturated carbocycles. The molecule has 0 spiro atoms. The lowest BCUT2D eigenvalue weighted by Gasteiger charge is -2.05. The molecule has 1 aromatic heterocycles. The average molecular weight is 294 g/mol. The Labute approximate surface area is 127 Å². The molecule has 3 aromatic rings. The zero-order chi connectivity index (χ0) is 15.4. The smallest absolute Gasteiger partial charge is 0.253 e. The van der Waals surface area contributed by atoms with Crippen LogP contribution in [0.2, 0.25) is 0 Å². The molecule has 0 atom stereocenters. The Balaban J connectivity index is 1.66. The van der Waals surface area contributed by atoms with Gasteiger partial charge in [-0.05, 0) is 24.3 Å². The van der Waals surface area contributed by atoms with Crippen LogP contribution in [0.4, 0.5) is 0 Å². The van der Waals surface area contributed by atoms with Gasteiger partial charge in [-0.1, -0.05) is 30.3 Å². The minimum Gasteiger partial charge on any atom is -0.484 e. The molecule has 110 valence electrons. The summed E-state index contributed by atoms with van der Waals surface area (Å²) in [6.07, 6.45) is 0. The molecule has 5 nitrogen and oxygen atoms in total. The maximum Gasteiger partial charge on any atom is 0.253 e. The van der Waals surface area contributed by atoms with Gasteiger partial charge in [0, 0.05) is 18.1 Å². The number of rotatable bonds is 5. The van der Waals surface area contributed by atoms with E-state index in [-0.39, 0.29) is 12.4 Å². The van der Waals surface area contributed by atoms with Crippen LogP contribution in [0.15, 0.2) is 59.0 Å². The molecule has 0 saturated heterocycles. The maximum atomic E-state index is 12.3. The molecule has 0 bridgehead atoms. The number of aryl methyl sites for hydroxylation is 1. The van der Waals surface area contributed by atoms with Crippen molar-refractivity contribution in [1.29, 1.82) is 0 Å². The number of hydrogen-bond acceptors (Lipinski definition) is 5. The highest BCUT2D eigenvalue weighted by molar-refractivity contribution is 6.08. The number of carbonyl (C=O) groups excluding carboxylic acids is 1. The normalized spacial score (nSPS) is 10.4. The van der Waals surface area contributed by atoms with Gasteiger partial charge >= 0.3 is 0 Å². The zero-order valence-electron chi connectivity index (χ0n) is 12.0. The van der Waals surface area contributed by atoms with E-state index >= 15 is 0 Å². The Bertz CT molecular complexity index is 764. The molecule has 0 aliphatic rings. The fourth-order valence-corrected chi connectivity index (χ4v) is 2.00. The van der Waals surface area contributed by atoms with E-state index in [1.165, 1.54) is 0 Å². The highest BCUT2D eigenvalue weighted by Crippen LogP contribution is 2.16. The molecule has 0 fully saturated rings. The first-order valence-electron chi connectivity index (χ1n) is 6.84. The number of benzene rings is 2. The summed E-state index contributed by atoms with van der Waals surface area (Å²) >= 11 is 0. The second kappa shape index (κ2) is 6.22. The minimum absolute atomic E-state index is 0.0142. The van der Waals surface area contributed by atoms with Crippen molar-refractivity contribution in [2.45, 2.75) is 13.5 Å². The van der Waals surface area contributed by atoms with Crippen LogP contribution in [0.1, 0.15) is 27.7 Å². The molecular weight excluding hydrogens is 280 g/mol. The van der Waals surface area contributed by atoms with Gasteiger partial charge in [0.05, 0.1) is 0 Å². The summed E-state index contributed by atoms with van der Waals surface area (Å²) in [7, 11) is 0. The van der Waals surface area contributed by atoms with E-state index in [1.807, 2.05) is 18.2 Å². The van der Waals surface area contributed by atoms with Crippen LogP contribution in [0.3, 0.4) is 0 Å². The van der Waals surface area contributed by atoms with Gasteiger partial charge < -0.3 is 9.15 Å². The van der Waals surface area contributed by atoms with Crippen molar-refractivity contribution in [1.82, 2.24) is 10.2 Å². The summed E-state index contributed by atoms with van der Waals surface area (Å²) in [6, 6.07) is 16.1. The Hall–Kier alpha value is -2.95. The molecule has 5 heteroatoms. The van der Waals surface area contributed by atoms with Crippen LogP contribution in [-0.4, -0.2) is 16.0 Å². The number of carbonyl (C=O) groups is 1. The van der Waals surface area contributed by atoms with Gasteiger partial charge in [0.25, 0.3) is 5.89 Å². The molecule has 0 aliphatic heterocycles. The third kappa shape index (κ3) is 3.20. The second-order valence-corrected chi connectivity index (χ2v) is 4.72. The maximum absolute atomic E-state index is 12.3. The molecular formula is C17H14N2O3. The molecule has 0 radical (unpaired) electrons. The van der Waals surface area contributed by atoms with Crippen molar-refractivity contribution < 1.29 is 13.9 Å². The molecule has 1 heterocycles. The van der Waals surface area contributed by atoms with E-state index in [9.17, 15) is 4.79 Å². The summed E-state index contributed by atoms with van der Waals surface area (Å²) in [4.78, 5) is 12.3. The van der Waals surface area contributed by atoms with Crippen molar-refractivity contribution in [3.63, 3.8) is 0 Å². The highest BCUT2D eigenvalue weighted by atomic mass is 16.5. The molecule has 0 unspecified atom stereocenters. The van der Waals surface area contributed by atoms with Gasteiger partial charge in [-0.3, -0.25) is 4.79 Å². The Morgan fingerprint density at radius 3 is 2.32 bits per heavy atom. The largest absolute Gasteiger partial charge is 0.484 e. The predicted octanol–water partition coefficient (Wildman–Crippen LogP) is 3.19. The number of aromatic nitrogens is 2. The monoisotopic (exact) mass is 294 g/mol. The number of ether oxygens (including phenoxy) is 1. The van der Waals surface area contributed by atoms with Crippen LogP contribution in [-0.2, 0) is 6.61 Å². The Morgan fingerprint density at radius 2 is 1.68 bits per heavy atom. The van der Waals surface area contributed by atoms with Gasteiger partial charge in [0.2, 0.25) is 5.89 Å². The average Bonchev–Trinajstić information content (AvgIpc) is 2.99. The summed E-state index contributed by atoms with van der Waals surface area (Å²) in [5, 5.41) is 7.58. The standard InChI is InChI=1S/C17H14N2O3/c1-12-18-19-16(22-12)11-21-15-9-7-14(8-10-15)17(20)13-5-3-2-4-6-13/h2-10H,11H2,1H3. The van der Waals surface area contributed by atoms with E-state index in [2.05, 4.69) is 10.2 Å². The molecule has 3 rings (SSSR count). The lowest BCUT2D eigenvalue weighted by molar-refractivity contribution is 0.103. The van der Waals surface area contributed by atoms with E-state index < -0.39 is 0 Å². The van der Waals surface area contributed by atoms with Crippen LogP contribution >= 0.6 is 0 Å². The summed E-state index contributed by atoms with van der Waals surface area (Å²) < 4.78 is 10.8. The predicted molar refractivity (Wildman–Crippen MR) is 79.7 cm³/mol. The van der Waals surface area contributed by atoms with Gasteiger partial charge in [-0.25, -0.2) is 0 Å². The zero-order valence-corrected chi connectivity index (χ0v) is 12.0. The molecule has 22 heavy (non-hydrogen) atoms. The molecule has 0 N–H and O–H groups in total. The van der Waals surface area contributed by atoms with Gasteiger partial charge in [0.1, 0.15) is 5.75 Å². The Kier molecular flexibility index (Phi) is 3.96. The van der Waals surface area contributed by atoms with E-state index in [0.29, 0.717) is 28.7 Å². The fourth-order valence-electron chi connectivity index (χ4n) is 2.00. The third-order valence-corrected chi connectivity index (χ3v) is 3.08. The van der Waals surface area contributed by atoms with Gasteiger partial charge in [0.15, 0.2) is 12.4 Å². The third-order valence-electron chi connectivity index (χ3n) is 3.08. The van der Waals surface area contributed by atoms with Gasteiger partial charge in [-0.15, -0.1) is 10.2 Å². The number of ketones is 1. The lowest BCUT2D eigenvalue weighted by Crippen LogP contribution is -2.01. The van der Waals surface area contributed by atoms with Crippen LogP contribution < -0.4 is 4.74 Å². The van der Waals surface area contributed by atoms with Gasteiger partial charge in [-0.2, -0.15) is 0 Å². The summed E-state index contributed by atoms with van der Waals surface area (Å²) in [5.41, 5.74) is 1.28. The van der Waals surface area contributed by atoms with Crippen molar-refractivity contribution in [2.24, 2.45) is 0 Å². The summed E-state index contributed by atoms with van der Waals surface area (Å²) in [6.45, 7) is 1.92. The first kappa shape index (κ1) is 14.0. The lowest BCUT2D eigenvalue weighted by atomic mass is 10.0. The fraction of sp³-hybridized carbons (Fsp3) is 0.118. The quantitative estimate of drug-likeness (QED) is 0.676. The SMILES string of the molecule is Cc1nnc(COc2ccc(C(=O)c3ccccc3)cc2)o1. The van der Waals surface area contributed by atoms with Crippen molar-refractivity contribution in [2.75, 3.05) is 0 Å². The number of nitrogens with zero attached hydrogens (tertiary/aromatic N) is 2. The first-order chi connectivity index (χ1) is 10.7. The minimum atomic E-state index is -0.0142. The molecule has 0 aliphatic carbocycles. The molecule has 0 amide bonds. The van der Waals surface area contributed by atoms with Crippen molar-refractivity contribution in [3.8, 4) is 5.75 Å². The second-order valence-electron chi connectivity index (χ2n) is 4.72. The van der Waals surface area contributed by atoms with Crippen LogP contribution in [0.25, 0.3) is 0 Å². The first-order valence-corrected chi connectivity index (χ1v) is 6.84. The topological polar surface area (TPSA) is 65.2 Å². The summed E-state index contributed by atoms with van der Waals surface area (Å²) in [5.74, 6) is 1.55. The van der Waals surface area contributed by atoms with Crippen LogP contribution in [0, 0.1) is 6.92 Å². The van der Waals surface area contributed by atoms with E-state index in [0.717, 1.165) is 0 Å². The Morgan fingerprint density at radius 1 is 1.00 bits per heavy atom. The molecule has 2 aromatic carbocycles. The van der Waals surface area contributed by atoms with Crippen LogP contribution in [0.5, 0.6) is 5.75 Å². The number of hydrogen-bond donors (Lipinski definition) is 0. The van der Waals surface area contributed by atoms with E-state index in [4.69, 9.17) is 9.15 Å². The van der Waals surface area contributed by atoms with Crippen molar-refractivity contribution in [3.05, 3.63) is 77.5 Å². The van der Waals surface area contributed by atoms with Crippen molar-refractivity contribution >= 4 is 5.78 Å².